The van der Waals surface area contributed by atoms with Crippen LogP contribution in [0.15, 0.2) is 58.2 Å². The van der Waals surface area contributed by atoms with Crippen molar-refractivity contribution in [2.75, 3.05) is 0 Å². The molecule has 0 heterocycles. The Balaban J connectivity index is 2.95. The molecule has 1 aliphatic rings. The van der Waals surface area contributed by atoms with Crippen molar-refractivity contribution >= 4 is 0 Å². The lowest BCUT2D eigenvalue weighted by Crippen LogP contribution is -2.19. The predicted octanol–water partition coefficient (Wildman–Crippen LogP) is 6.93. The summed E-state index contributed by atoms with van der Waals surface area (Å²) in [5, 5.41) is 0. The van der Waals surface area contributed by atoms with E-state index in [1.165, 1.54) is 41.6 Å². The maximum absolute atomic E-state index is 2.37. The van der Waals surface area contributed by atoms with Crippen LogP contribution >= 0.6 is 0 Å². The second-order valence-corrected chi connectivity index (χ2v) is 7.00. The standard InChI is InChI=1S/C21H32/c1-8-16(2)11-12-17(3)18(4)13-14-20-19(5)10-9-15-21(20,6)7/h8,11-14H,9-10,15H2,1-7H3/b12-11+,14-13+,16-8+,18-17-. The van der Waals surface area contributed by atoms with Gasteiger partial charge in [0.2, 0.25) is 0 Å². The van der Waals surface area contributed by atoms with Gasteiger partial charge in [-0.05, 0) is 76.0 Å². The van der Waals surface area contributed by atoms with Gasteiger partial charge in [-0.15, -0.1) is 0 Å². The molecule has 0 aliphatic heterocycles. The Kier molecular flexibility index (Phi) is 6.45. The number of rotatable bonds is 4. The van der Waals surface area contributed by atoms with E-state index in [4.69, 9.17) is 0 Å². The molecule has 0 fully saturated rings. The highest BCUT2D eigenvalue weighted by Gasteiger charge is 2.26. The van der Waals surface area contributed by atoms with Gasteiger partial charge in [-0.3, -0.25) is 0 Å². The van der Waals surface area contributed by atoms with E-state index in [0.29, 0.717) is 5.41 Å². The molecule has 21 heavy (non-hydrogen) atoms. The van der Waals surface area contributed by atoms with Gasteiger partial charge in [0, 0.05) is 0 Å². The summed E-state index contributed by atoms with van der Waals surface area (Å²) in [7, 11) is 0. The Morgan fingerprint density at radius 3 is 2.19 bits per heavy atom. The van der Waals surface area contributed by atoms with E-state index in [2.05, 4.69) is 78.8 Å². The topological polar surface area (TPSA) is 0 Å². The number of hydrogen-bond donors (Lipinski definition) is 0. The lowest BCUT2D eigenvalue weighted by molar-refractivity contribution is 0.377. The summed E-state index contributed by atoms with van der Waals surface area (Å²) in [6.07, 6.45) is 15.0. The first kappa shape index (κ1) is 17.8. The van der Waals surface area contributed by atoms with Crippen LogP contribution in [0.4, 0.5) is 0 Å². The van der Waals surface area contributed by atoms with E-state index < -0.39 is 0 Å². The third-order valence-corrected chi connectivity index (χ3v) is 4.72. The summed E-state index contributed by atoms with van der Waals surface area (Å²) in [5.41, 5.74) is 7.40. The minimum Gasteiger partial charge on any atom is -0.0847 e. The van der Waals surface area contributed by atoms with Crippen molar-refractivity contribution in [3.63, 3.8) is 0 Å². The van der Waals surface area contributed by atoms with Gasteiger partial charge in [0.1, 0.15) is 0 Å². The first-order chi connectivity index (χ1) is 9.77. The van der Waals surface area contributed by atoms with Crippen molar-refractivity contribution < 1.29 is 0 Å². The first-order valence-electron chi connectivity index (χ1n) is 8.14. The molecule has 0 amide bonds. The van der Waals surface area contributed by atoms with Crippen LogP contribution < -0.4 is 0 Å². The van der Waals surface area contributed by atoms with Gasteiger partial charge in [-0.25, -0.2) is 0 Å². The van der Waals surface area contributed by atoms with E-state index in [1.54, 1.807) is 5.57 Å². The highest BCUT2D eigenvalue weighted by atomic mass is 14.3. The average Bonchev–Trinajstić information content (AvgIpc) is 2.42. The van der Waals surface area contributed by atoms with Crippen LogP contribution in [0.25, 0.3) is 0 Å². The van der Waals surface area contributed by atoms with E-state index in [1.807, 2.05) is 0 Å². The fraction of sp³-hybridized carbons (Fsp3) is 0.524. The molecular weight excluding hydrogens is 252 g/mol. The number of allylic oxidation sites excluding steroid dienone is 10. The molecule has 0 bridgehead atoms. The smallest absolute Gasteiger partial charge is 0.0104 e. The largest absolute Gasteiger partial charge is 0.0847 e. The Morgan fingerprint density at radius 1 is 1.00 bits per heavy atom. The molecule has 0 atom stereocenters. The molecule has 0 radical (unpaired) electrons. The van der Waals surface area contributed by atoms with Crippen LogP contribution in [-0.4, -0.2) is 0 Å². The minimum absolute atomic E-state index is 0.324. The summed E-state index contributed by atoms with van der Waals surface area (Å²) < 4.78 is 0. The summed E-state index contributed by atoms with van der Waals surface area (Å²) in [6.45, 7) is 15.6. The van der Waals surface area contributed by atoms with Gasteiger partial charge < -0.3 is 0 Å². The van der Waals surface area contributed by atoms with Gasteiger partial charge in [-0.2, -0.15) is 0 Å². The van der Waals surface area contributed by atoms with Crippen molar-refractivity contribution in [2.45, 2.75) is 67.7 Å². The molecule has 1 rings (SSSR count). The first-order valence-corrected chi connectivity index (χ1v) is 8.14. The zero-order valence-electron chi connectivity index (χ0n) is 15.0. The lowest BCUT2D eigenvalue weighted by Gasteiger charge is -2.33. The van der Waals surface area contributed by atoms with Crippen LogP contribution in [0.5, 0.6) is 0 Å². The number of hydrogen-bond acceptors (Lipinski definition) is 0. The molecule has 0 aromatic heterocycles. The maximum atomic E-state index is 2.37. The summed E-state index contributed by atoms with van der Waals surface area (Å²) in [6, 6.07) is 0. The zero-order valence-corrected chi connectivity index (χ0v) is 15.0. The normalized spacial score (nSPS) is 21.4. The summed E-state index contributed by atoms with van der Waals surface area (Å²) in [5.74, 6) is 0. The second-order valence-electron chi connectivity index (χ2n) is 7.00. The lowest BCUT2D eigenvalue weighted by atomic mass is 9.72. The molecule has 0 spiro atoms. The Hall–Kier alpha value is -1.30. The molecule has 0 unspecified atom stereocenters. The van der Waals surface area contributed by atoms with Gasteiger partial charge in [-0.1, -0.05) is 55.4 Å². The van der Waals surface area contributed by atoms with Crippen LogP contribution in [-0.2, 0) is 0 Å². The molecule has 0 N–H and O–H groups in total. The van der Waals surface area contributed by atoms with Gasteiger partial charge in [0.15, 0.2) is 0 Å². The van der Waals surface area contributed by atoms with Gasteiger partial charge in [0.05, 0.1) is 0 Å². The van der Waals surface area contributed by atoms with E-state index in [-0.39, 0.29) is 0 Å². The van der Waals surface area contributed by atoms with Crippen molar-refractivity contribution in [2.24, 2.45) is 5.41 Å². The monoisotopic (exact) mass is 284 g/mol. The highest BCUT2D eigenvalue weighted by Crippen LogP contribution is 2.40. The summed E-state index contributed by atoms with van der Waals surface area (Å²) in [4.78, 5) is 0. The minimum atomic E-state index is 0.324. The van der Waals surface area contributed by atoms with E-state index in [9.17, 15) is 0 Å². The Morgan fingerprint density at radius 2 is 1.62 bits per heavy atom. The fourth-order valence-electron chi connectivity index (χ4n) is 2.83. The zero-order chi connectivity index (χ0) is 16.0. The van der Waals surface area contributed by atoms with E-state index in [0.717, 1.165) is 0 Å². The highest BCUT2D eigenvalue weighted by molar-refractivity contribution is 5.39. The van der Waals surface area contributed by atoms with E-state index >= 15 is 0 Å². The molecular formula is C21H32. The second kappa shape index (κ2) is 7.64. The quantitative estimate of drug-likeness (QED) is 0.491. The molecule has 0 nitrogen and oxygen atoms in total. The fourth-order valence-corrected chi connectivity index (χ4v) is 2.83. The van der Waals surface area contributed by atoms with Crippen LogP contribution in [0.3, 0.4) is 0 Å². The molecule has 1 aliphatic carbocycles. The van der Waals surface area contributed by atoms with Gasteiger partial charge >= 0.3 is 0 Å². The third kappa shape index (κ3) is 5.19. The Bertz CT molecular complexity index is 516. The van der Waals surface area contributed by atoms with Crippen LogP contribution in [0.2, 0.25) is 0 Å². The van der Waals surface area contributed by atoms with Crippen LogP contribution in [0.1, 0.15) is 67.7 Å². The molecule has 0 heteroatoms. The maximum Gasteiger partial charge on any atom is -0.0104 e. The molecule has 0 saturated carbocycles. The van der Waals surface area contributed by atoms with Gasteiger partial charge in [0.25, 0.3) is 0 Å². The third-order valence-electron chi connectivity index (χ3n) is 4.72. The average molecular weight is 284 g/mol. The molecule has 116 valence electrons. The van der Waals surface area contributed by atoms with Crippen molar-refractivity contribution in [3.8, 4) is 0 Å². The van der Waals surface area contributed by atoms with Crippen molar-refractivity contribution in [1.29, 1.82) is 0 Å². The van der Waals surface area contributed by atoms with Crippen LogP contribution in [0, 0.1) is 5.41 Å². The molecule has 0 saturated heterocycles. The predicted molar refractivity (Wildman–Crippen MR) is 96.4 cm³/mol. The molecule has 0 aromatic rings. The van der Waals surface area contributed by atoms with Crippen molar-refractivity contribution in [1.82, 2.24) is 0 Å². The molecule has 0 aromatic carbocycles. The Labute approximate surface area is 132 Å². The summed E-state index contributed by atoms with van der Waals surface area (Å²) >= 11 is 0. The SMILES string of the molecule is C/C=C(C)/C=C/C(C)=C(C)\C=C\C1=C(C)CCCC1(C)C. The van der Waals surface area contributed by atoms with Crippen molar-refractivity contribution in [3.05, 3.63) is 58.2 Å².